The van der Waals surface area contributed by atoms with Crippen LogP contribution < -0.4 is 24.4 Å². The van der Waals surface area contributed by atoms with Crippen LogP contribution in [0.5, 0.6) is 17.2 Å². The summed E-state index contributed by atoms with van der Waals surface area (Å²) >= 11 is 0. The van der Waals surface area contributed by atoms with E-state index in [9.17, 15) is 18.0 Å². The Bertz CT molecular complexity index is 1530. The minimum atomic E-state index is -4.77. The van der Waals surface area contributed by atoms with Crippen molar-refractivity contribution in [1.82, 2.24) is 15.1 Å². The fourth-order valence-corrected chi connectivity index (χ4v) is 4.93. The van der Waals surface area contributed by atoms with Gasteiger partial charge in [0.1, 0.15) is 5.75 Å². The molecular weight excluding hydrogens is 551 g/mol. The Kier molecular flexibility index (Phi) is 8.62. The van der Waals surface area contributed by atoms with Gasteiger partial charge in [-0.1, -0.05) is 30.3 Å². The van der Waals surface area contributed by atoms with E-state index in [1.165, 1.54) is 12.1 Å². The van der Waals surface area contributed by atoms with Crippen LogP contribution in [0.2, 0.25) is 0 Å². The van der Waals surface area contributed by atoms with Crippen LogP contribution in [0, 0.1) is 0 Å². The van der Waals surface area contributed by atoms with E-state index in [-0.39, 0.29) is 18.2 Å². The summed E-state index contributed by atoms with van der Waals surface area (Å²) in [5, 5.41) is 13.8. The Balaban J connectivity index is 1.26. The summed E-state index contributed by atoms with van der Waals surface area (Å²) < 4.78 is 52.1. The molecule has 42 heavy (non-hydrogen) atoms. The number of alkyl halides is 3. The highest BCUT2D eigenvalue weighted by Crippen LogP contribution is 2.37. The van der Waals surface area contributed by atoms with Crippen molar-refractivity contribution in [2.45, 2.75) is 12.8 Å². The van der Waals surface area contributed by atoms with E-state index >= 15 is 0 Å². The summed E-state index contributed by atoms with van der Waals surface area (Å²) in [6.07, 6.45) is -4.16. The lowest BCUT2D eigenvalue weighted by Crippen LogP contribution is -2.49. The van der Waals surface area contributed by atoms with E-state index < -0.39 is 6.36 Å². The van der Waals surface area contributed by atoms with Gasteiger partial charge in [-0.15, -0.1) is 18.3 Å². The summed E-state index contributed by atoms with van der Waals surface area (Å²) in [4.78, 5) is 16.8. The summed E-state index contributed by atoms with van der Waals surface area (Å²) in [5.41, 5.74) is 2.33. The SMILES string of the molecule is COc1cc2c(Cc3ccccc3)nnc(N3CCN(CC(=O)Nc4ccc(OC(F)(F)F)cc4)CC3)c2cc1OC. The highest BCUT2D eigenvalue weighted by molar-refractivity contribution is 5.96. The number of hydrogen-bond donors (Lipinski definition) is 1. The monoisotopic (exact) mass is 581 g/mol. The maximum absolute atomic E-state index is 12.6. The zero-order valence-electron chi connectivity index (χ0n) is 23.1. The number of nitrogens with zero attached hydrogens (tertiary/aromatic N) is 4. The Morgan fingerprint density at radius 2 is 1.52 bits per heavy atom. The van der Waals surface area contributed by atoms with Crippen molar-refractivity contribution in [3.63, 3.8) is 0 Å². The molecule has 2 heterocycles. The van der Waals surface area contributed by atoms with Gasteiger partial charge in [0.15, 0.2) is 17.3 Å². The van der Waals surface area contributed by atoms with Gasteiger partial charge in [0.25, 0.3) is 0 Å². The third-order valence-electron chi connectivity index (χ3n) is 6.97. The number of anilines is 2. The molecule has 5 rings (SSSR count). The fraction of sp³-hybridized carbons (Fsp3) is 0.300. The molecular formula is C30H30F3N5O4. The molecule has 0 atom stereocenters. The van der Waals surface area contributed by atoms with E-state index in [0.717, 1.165) is 40.0 Å². The first-order valence-corrected chi connectivity index (χ1v) is 13.3. The van der Waals surface area contributed by atoms with Crippen molar-refractivity contribution in [1.29, 1.82) is 0 Å². The van der Waals surface area contributed by atoms with Gasteiger partial charge in [0.2, 0.25) is 5.91 Å². The van der Waals surface area contributed by atoms with E-state index in [4.69, 9.17) is 9.47 Å². The zero-order chi connectivity index (χ0) is 29.7. The van der Waals surface area contributed by atoms with Crippen molar-refractivity contribution >= 4 is 28.2 Å². The third kappa shape index (κ3) is 7.00. The van der Waals surface area contributed by atoms with Crippen LogP contribution in [-0.2, 0) is 11.2 Å². The minimum Gasteiger partial charge on any atom is -0.493 e. The number of nitrogens with one attached hydrogen (secondary N) is 1. The molecule has 0 radical (unpaired) electrons. The number of piperazine rings is 1. The molecule has 1 saturated heterocycles. The Morgan fingerprint density at radius 1 is 0.881 bits per heavy atom. The summed E-state index contributed by atoms with van der Waals surface area (Å²) in [5.74, 6) is 1.32. The average Bonchev–Trinajstić information content (AvgIpc) is 2.98. The maximum Gasteiger partial charge on any atom is 0.573 e. The fourth-order valence-electron chi connectivity index (χ4n) is 4.93. The molecule has 1 fully saturated rings. The average molecular weight is 582 g/mol. The molecule has 0 aliphatic carbocycles. The van der Waals surface area contributed by atoms with Crippen molar-refractivity contribution in [3.05, 3.63) is 78.0 Å². The second-order valence-electron chi connectivity index (χ2n) is 9.77. The molecule has 1 amide bonds. The number of fused-ring (bicyclic) bond motifs is 1. The quantitative estimate of drug-likeness (QED) is 0.299. The number of methoxy groups -OCH3 is 2. The number of aromatic nitrogens is 2. The lowest BCUT2D eigenvalue weighted by molar-refractivity contribution is -0.274. The second kappa shape index (κ2) is 12.5. The number of rotatable bonds is 9. The van der Waals surface area contributed by atoms with Crippen LogP contribution in [0.4, 0.5) is 24.7 Å². The van der Waals surface area contributed by atoms with Gasteiger partial charge < -0.3 is 24.4 Å². The Morgan fingerprint density at radius 3 is 2.14 bits per heavy atom. The smallest absolute Gasteiger partial charge is 0.493 e. The van der Waals surface area contributed by atoms with Crippen molar-refractivity contribution in [2.24, 2.45) is 0 Å². The first-order chi connectivity index (χ1) is 20.2. The number of carbonyl (C=O) groups is 1. The van der Waals surface area contributed by atoms with Crippen LogP contribution >= 0.6 is 0 Å². The van der Waals surface area contributed by atoms with Crippen molar-refractivity contribution in [3.8, 4) is 17.2 Å². The summed E-state index contributed by atoms with van der Waals surface area (Å²) in [6.45, 7) is 2.59. The lowest BCUT2D eigenvalue weighted by Gasteiger charge is -2.35. The molecule has 1 aromatic heterocycles. The zero-order valence-corrected chi connectivity index (χ0v) is 23.1. The van der Waals surface area contributed by atoms with Crippen molar-refractivity contribution in [2.75, 3.05) is 57.2 Å². The van der Waals surface area contributed by atoms with Crippen LogP contribution in [-0.4, -0.2) is 74.3 Å². The molecule has 0 unspecified atom stereocenters. The predicted molar refractivity (Wildman–Crippen MR) is 152 cm³/mol. The summed E-state index contributed by atoms with van der Waals surface area (Å²) in [6, 6.07) is 19.0. The van der Waals surface area contributed by atoms with E-state index in [2.05, 4.69) is 37.3 Å². The number of amides is 1. The number of hydrogen-bond acceptors (Lipinski definition) is 8. The molecule has 1 aliphatic rings. The van der Waals surface area contributed by atoms with Gasteiger partial charge in [-0.3, -0.25) is 9.69 Å². The molecule has 1 N–H and O–H groups in total. The number of ether oxygens (including phenoxy) is 3. The number of benzene rings is 3. The first kappa shape index (κ1) is 28.9. The minimum absolute atomic E-state index is 0.141. The molecule has 1 aliphatic heterocycles. The van der Waals surface area contributed by atoms with Gasteiger partial charge in [0.05, 0.1) is 26.5 Å². The Hall–Kier alpha value is -4.58. The first-order valence-electron chi connectivity index (χ1n) is 13.3. The second-order valence-corrected chi connectivity index (χ2v) is 9.77. The normalized spacial score (nSPS) is 14.1. The largest absolute Gasteiger partial charge is 0.573 e. The molecule has 0 saturated carbocycles. The third-order valence-corrected chi connectivity index (χ3v) is 6.97. The summed E-state index contributed by atoms with van der Waals surface area (Å²) in [7, 11) is 3.19. The molecule has 220 valence electrons. The standard InChI is InChI=1S/C30H30F3N5O4/c1-40-26-17-23-24(18-27(26)41-2)29(36-35-25(23)16-20-6-4-3-5-7-20)38-14-12-37(13-15-38)19-28(39)34-21-8-10-22(11-9-21)42-30(31,32)33/h3-11,17-18H,12-16,19H2,1-2H3,(H,34,39). The van der Waals surface area contributed by atoms with Crippen LogP contribution in [0.15, 0.2) is 66.7 Å². The van der Waals surface area contributed by atoms with Gasteiger partial charge in [0, 0.05) is 49.1 Å². The lowest BCUT2D eigenvalue weighted by atomic mass is 10.0. The highest BCUT2D eigenvalue weighted by Gasteiger charge is 2.31. The van der Waals surface area contributed by atoms with Gasteiger partial charge >= 0.3 is 6.36 Å². The van der Waals surface area contributed by atoms with Crippen LogP contribution in [0.1, 0.15) is 11.3 Å². The van der Waals surface area contributed by atoms with Crippen LogP contribution in [0.3, 0.4) is 0 Å². The van der Waals surface area contributed by atoms with Gasteiger partial charge in [-0.25, -0.2) is 0 Å². The van der Waals surface area contributed by atoms with E-state index in [0.29, 0.717) is 49.8 Å². The molecule has 9 nitrogen and oxygen atoms in total. The van der Waals surface area contributed by atoms with E-state index in [1.54, 1.807) is 14.2 Å². The molecule has 0 spiro atoms. The predicted octanol–water partition coefficient (Wildman–Crippen LogP) is 4.90. The highest BCUT2D eigenvalue weighted by atomic mass is 19.4. The molecule has 0 bridgehead atoms. The molecule has 12 heteroatoms. The van der Waals surface area contributed by atoms with Crippen molar-refractivity contribution < 1.29 is 32.2 Å². The molecule has 4 aromatic rings. The number of carbonyl (C=O) groups excluding carboxylic acids is 1. The maximum atomic E-state index is 12.6. The van der Waals surface area contributed by atoms with Crippen LogP contribution in [0.25, 0.3) is 10.8 Å². The topological polar surface area (TPSA) is 89.1 Å². The molecule has 3 aromatic carbocycles. The van der Waals surface area contributed by atoms with Gasteiger partial charge in [-0.2, -0.15) is 5.10 Å². The van der Waals surface area contributed by atoms with Gasteiger partial charge in [-0.05, 0) is 42.0 Å². The Labute approximate surface area is 240 Å². The van der Waals surface area contributed by atoms with E-state index in [1.807, 2.05) is 35.2 Å². The number of halogens is 3.